The maximum Gasteiger partial charge on any atom is 0.343 e. The number of hydrogen-bond donors (Lipinski definition) is 2. The van der Waals surface area contributed by atoms with Crippen LogP contribution in [0.25, 0.3) is 0 Å². The highest BCUT2D eigenvalue weighted by Crippen LogP contribution is 2.34. The van der Waals surface area contributed by atoms with Gasteiger partial charge in [-0.3, -0.25) is 9.59 Å². The zero-order valence-electron chi connectivity index (χ0n) is 22.6. The molecule has 212 valence electrons. The standard InChI is InChI=1S/C31H25N3O8/c1-38-24-10-7-20(8-11-24)29(35)33-23-5-3-4-21(15-23)30(36)34-32-17-19-6-12-26(27(14-19)39-2)42-31(37)22-9-13-25-28(16-22)41-18-40-25/h3-17H,18H2,1-2H3,(H,33,35)(H,34,36). The largest absolute Gasteiger partial charge is 0.497 e. The average Bonchev–Trinajstić information content (AvgIpc) is 3.50. The third kappa shape index (κ3) is 6.48. The van der Waals surface area contributed by atoms with Crippen molar-refractivity contribution in [1.82, 2.24) is 5.43 Å². The minimum atomic E-state index is -0.595. The van der Waals surface area contributed by atoms with Crippen molar-refractivity contribution < 1.29 is 38.1 Å². The van der Waals surface area contributed by atoms with Crippen LogP contribution in [0.2, 0.25) is 0 Å². The van der Waals surface area contributed by atoms with E-state index in [1.165, 1.54) is 13.3 Å². The molecule has 0 radical (unpaired) electrons. The molecule has 4 aromatic carbocycles. The second-order valence-electron chi connectivity index (χ2n) is 8.83. The molecule has 42 heavy (non-hydrogen) atoms. The Kier molecular flexibility index (Phi) is 8.29. The van der Waals surface area contributed by atoms with E-state index in [9.17, 15) is 14.4 Å². The number of ether oxygens (including phenoxy) is 5. The van der Waals surface area contributed by atoms with Crippen LogP contribution in [0.3, 0.4) is 0 Å². The first kappa shape index (κ1) is 27.7. The fourth-order valence-corrected chi connectivity index (χ4v) is 3.94. The second kappa shape index (κ2) is 12.6. The van der Waals surface area contributed by atoms with Crippen molar-refractivity contribution in [1.29, 1.82) is 0 Å². The Morgan fingerprint density at radius 1 is 0.762 bits per heavy atom. The SMILES string of the molecule is COc1ccc(C(=O)Nc2cccc(C(=O)NN=Cc3ccc(OC(=O)c4ccc5c(c4)OCO5)c(OC)c3)c2)cc1. The van der Waals surface area contributed by atoms with Gasteiger partial charge in [0.15, 0.2) is 23.0 Å². The fourth-order valence-electron chi connectivity index (χ4n) is 3.94. The predicted octanol–water partition coefficient (Wildman–Crippen LogP) is 4.67. The number of methoxy groups -OCH3 is 2. The highest BCUT2D eigenvalue weighted by atomic mass is 16.7. The molecular formula is C31H25N3O8. The number of nitrogens with zero attached hydrogens (tertiary/aromatic N) is 1. The van der Waals surface area contributed by atoms with Gasteiger partial charge in [0.1, 0.15) is 5.75 Å². The van der Waals surface area contributed by atoms with Crippen LogP contribution in [-0.2, 0) is 0 Å². The molecule has 11 nitrogen and oxygen atoms in total. The molecular weight excluding hydrogens is 542 g/mol. The topological polar surface area (TPSA) is 134 Å². The lowest BCUT2D eigenvalue weighted by Gasteiger charge is -2.10. The van der Waals surface area contributed by atoms with E-state index in [1.807, 2.05) is 0 Å². The maximum atomic E-state index is 12.7. The molecule has 0 bridgehead atoms. The lowest BCUT2D eigenvalue weighted by Crippen LogP contribution is -2.18. The van der Waals surface area contributed by atoms with E-state index >= 15 is 0 Å². The zero-order valence-corrected chi connectivity index (χ0v) is 22.6. The summed E-state index contributed by atoms with van der Waals surface area (Å²) in [6, 6.07) is 22.7. The quantitative estimate of drug-likeness (QED) is 0.129. The zero-order chi connectivity index (χ0) is 29.5. The van der Waals surface area contributed by atoms with Gasteiger partial charge in [-0.05, 0) is 84.4 Å². The number of anilines is 1. The lowest BCUT2D eigenvalue weighted by atomic mass is 10.1. The summed E-state index contributed by atoms with van der Waals surface area (Å²) in [5.41, 5.74) is 4.51. The molecule has 1 aliphatic rings. The van der Waals surface area contributed by atoms with Crippen LogP contribution in [0.1, 0.15) is 36.6 Å². The second-order valence-corrected chi connectivity index (χ2v) is 8.83. The molecule has 0 unspecified atom stereocenters. The van der Waals surface area contributed by atoms with Crippen LogP contribution in [0.5, 0.6) is 28.7 Å². The summed E-state index contributed by atoms with van der Waals surface area (Å²) < 4.78 is 26.6. The van der Waals surface area contributed by atoms with Crippen molar-refractivity contribution in [2.24, 2.45) is 5.10 Å². The molecule has 0 aliphatic carbocycles. The van der Waals surface area contributed by atoms with Gasteiger partial charge in [-0.2, -0.15) is 5.10 Å². The Morgan fingerprint density at radius 3 is 2.33 bits per heavy atom. The van der Waals surface area contributed by atoms with Crippen molar-refractivity contribution in [3.8, 4) is 28.7 Å². The van der Waals surface area contributed by atoms with Gasteiger partial charge in [0.25, 0.3) is 11.8 Å². The third-order valence-electron chi connectivity index (χ3n) is 6.11. The van der Waals surface area contributed by atoms with Crippen LogP contribution in [0.4, 0.5) is 5.69 Å². The average molecular weight is 568 g/mol. The lowest BCUT2D eigenvalue weighted by molar-refractivity contribution is 0.0728. The van der Waals surface area contributed by atoms with Crippen LogP contribution < -0.4 is 34.4 Å². The number of esters is 1. The van der Waals surface area contributed by atoms with Gasteiger partial charge < -0.3 is 29.0 Å². The summed E-state index contributed by atoms with van der Waals surface area (Å²) in [4.78, 5) is 37.9. The molecule has 2 N–H and O–H groups in total. The molecule has 0 aromatic heterocycles. The van der Waals surface area contributed by atoms with E-state index in [1.54, 1.807) is 92.0 Å². The predicted molar refractivity (Wildman–Crippen MR) is 153 cm³/mol. The summed E-state index contributed by atoms with van der Waals surface area (Å²) in [5.74, 6) is 0.762. The molecule has 1 heterocycles. The third-order valence-corrected chi connectivity index (χ3v) is 6.11. The molecule has 1 aliphatic heterocycles. The highest BCUT2D eigenvalue weighted by Gasteiger charge is 2.19. The van der Waals surface area contributed by atoms with Gasteiger partial charge in [0.05, 0.1) is 26.0 Å². The molecule has 2 amide bonds. The molecule has 11 heteroatoms. The minimum Gasteiger partial charge on any atom is -0.497 e. The van der Waals surface area contributed by atoms with Gasteiger partial charge in [0, 0.05) is 16.8 Å². The van der Waals surface area contributed by atoms with Crippen molar-refractivity contribution in [2.75, 3.05) is 26.3 Å². The van der Waals surface area contributed by atoms with E-state index < -0.39 is 11.9 Å². The number of fused-ring (bicyclic) bond motifs is 1. The number of amides is 2. The maximum absolute atomic E-state index is 12.7. The molecule has 0 saturated carbocycles. The summed E-state index contributed by atoms with van der Waals surface area (Å²) in [6.07, 6.45) is 1.42. The van der Waals surface area contributed by atoms with E-state index in [0.717, 1.165) is 0 Å². The molecule has 0 saturated heterocycles. The van der Waals surface area contributed by atoms with Gasteiger partial charge in [-0.15, -0.1) is 0 Å². The fraction of sp³-hybridized carbons (Fsp3) is 0.0968. The minimum absolute atomic E-state index is 0.0983. The first-order valence-electron chi connectivity index (χ1n) is 12.6. The van der Waals surface area contributed by atoms with Crippen LogP contribution in [0.15, 0.2) is 90.0 Å². The number of rotatable bonds is 9. The Hall–Kier alpha value is -5.84. The van der Waals surface area contributed by atoms with Gasteiger partial charge >= 0.3 is 5.97 Å². The Bertz CT molecular complexity index is 1670. The first-order chi connectivity index (χ1) is 20.4. The van der Waals surface area contributed by atoms with E-state index in [-0.39, 0.29) is 18.4 Å². The first-order valence-corrected chi connectivity index (χ1v) is 12.6. The van der Waals surface area contributed by atoms with E-state index in [2.05, 4.69) is 15.8 Å². The molecule has 5 rings (SSSR count). The monoisotopic (exact) mass is 567 g/mol. The van der Waals surface area contributed by atoms with E-state index in [0.29, 0.717) is 50.9 Å². The van der Waals surface area contributed by atoms with Crippen molar-refractivity contribution >= 4 is 29.7 Å². The summed E-state index contributed by atoms with van der Waals surface area (Å²) in [5, 5.41) is 6.77. The summed E-state index contributed by atoms with van der Waals surface area (Å²) in [7, 11) is 2.99. The molecule has 4 aromatic rings. The van der Waals surface area contributed by atoms with Gasteiger partial charge in [-0.25, -0.2) is 10.2 Å². The normalized spacial score (nSPS) is 11.6. The number of hydrogen-bond acceptors (Lipinski definition) is 9. The summed E-state index contributed by atoms with van der Waals surface area (Å²) in [6.45, 7) is 0.0983. The van der Waals surface area contributed by atoms with Crippen molar-refractivity contribution in [3.63, 3.8) is 0 Å². The number of carbonyl (C=O) groups is 3. The Balaban J connectivity index is 1.19. The molecule has 0 atom stereocenters. The molecule has 0 fully saturated rings. The van der Waals surface area contributed by atoms with Crippen LogP contribution in [-0.4, -0.2) is 45.0 Å². The molecule has 0 spiro atoms. The number of nitrogens with one attached hydrogen (secondary N) is 2. The van der Waals surface area contributed by atoms with Crippen LogP contribution in [0, 0.1) is 0 Å². The Labute approximate surface area is 240 Å². The van der Waals surface area contributed by atoms with Crippen molar-refractivity contribution in [3.05, 3.63) is 107 Å². The smallest absolute Gasteiger partial charge is 0.343 e. The van der Waals surface area contributed by atoms with Crippen LogP contribution >= 0.6 is 0 Å². The number of carbonyl (C=O) groups excluding carboxylic acids is 3. The number of hydrazone groups is 1. The number of benzene rings is 4. The van der Waals surface area contributed by atoms with Crippen molar-refractivity contribution in [2.45, 2.75) is 0 Å². The van der Waals surface area contributed by atoms with E-state index in [4.69, 9.17) is 23.7 Å². The van der Waals surface area contributed by atoms with Gasteiger partial charge in [-0.1, -0.05) is 6.07 Å². The Morgan fingerprint density at radius 2 is 1.55 bits per heavy atom. The summed E-state index contributed by atoms with van der Waals surface area (Å²) >= 11 is 0. The highest BCUT2D eigenvalue weighted by molar-refractivity contribution is 6.05. The van der Waals surface area contributed by atoms with Gasteiger partial charge in [0.2, 0.25) is 6.79 Å².